The Kier molecular flexibility index (Phi) is 4.90. The van der Waals surface area contributed by atoms with Crippen molar-refractivity contribution in [3.05, 3.63) is 68.8 Å². The second-order valence-electron chi connectivity index (χ2n) is 6.76. The number of benzene rings is 2. The molecule has 0 amide bonds. The highest BCUT2D eigenvalue weighted by Gasteiger charge is 2.31. The van der Waals surface area contributed by atoms with E-state index in [1.807, 2.05) is 0 Å². The zero-order valence-electron chi connectivity index (χ0n) is 15.3. The van der Waals surface area contributed by atoms with Gasteiger partial charge in [-0.1, -0.05) is 6.07 Å². The van der Waals surface area contributed by atoms with Gasteiger partial charge in [-0.2, -0.15) is 0 Å². The van der Waals surface area contributed by atoms with Gasteiger partial charge in [-0.25, -0.2) is 4.98 Å². The number of nitrogens with one attached hydrogen (secondary N) is 1. The van der Waals surface area contributed by atoms with Crippen LogP contribution in [0.1, 0.15) is 24.7 Å². The molecule has 2 heterocycles. The van der Waals surface area contributed by atoms with E-state index in [1.54, 1.807) is 0 Å². The largest absolute Gasteiger partial charge is 0.573 e. The lowest BCUT2D eigenvalue weighted by molar-refractivity contribution is -0.384. The minimum atomic E-state index is -4.89. The number of nitro benzene ring substituents is 1. The summed E-state index contributed by atoms with van der Waals surface area (Å²) in [6, 6.07) is 8.45. The van der Waals surface area contributed by atoms with E-state index in [-0.39, 0.29) is 28.3 Å². The minimum absolute atomic E-state index is 0.00640. The number of aromatic nitrogens is 2. The molecule has 2 aromatic carbocycles. The van der Waals surface area contributed by atoms with E-state index in [1.165, 1.54) is 28.8 Å². The zero-order valence-corrected chi connectivity index (χ0v) is 15.3. The monoisotopic (exact) mass is 420 g/mol. The van der Waals surface area contributed by atoms with Gasteiger partial charge in [0.15, 0.2) is 0 Å². The number of ether oxygens (including phenoxy) is 1. The molecular formula is C19H15F3N4O4. The van der Waals surface area contributed by atoms with Gasteiger partial charge in [0, 0.05) is 18.2 Å². The number of halogens is 3. The number of alkyl halides is 3. The first-order valence-corrected chi connectivity index (χ1v) is 9.03. The number of hydrogen-bond donors (Lipinski definition) is 1. The van der Waals surface area contributed by atoms with Crippen LogP contribution in [0.4, 0.5) is 18.9 Å². The number of rotatable bonds is 4. The highest BCUT2D eigenvalue weighted by molar-refractivity contribution is 5.80. The Balaban J connectivity index is 1.95. The Bertz CT molecular complexity index is 1190. The van der Waals surface area contributed by atoms with Crippen molar-refractivity contribution in [3.8, 4) is 11.4 Å². The van der Waals surface area contributed by atoms with Gasteiger partial charge in [0.1, 0.15) is 11.6 Å². The van der Waals surface area contributed by atoms with Gasteiger partial charge in [0.25, 0.3) is 11.2 Å². The Morgan fingerprint density at radius 2 is 2.03 bits per heavy atom. The van der Waals surface area contributed by atoms with Gasteiger partial charge in [-0.05, 0) is 37.6 Å². The molecule has 1 fully saturated rings. The summed E-state index contributed by atoms with van der Waals surface area (Å²) in [6.45, 7) is 0.704. The molecule has 1 N–H and O–H groups in total. The molecule has 1 aliphatic heterocycles. The SMILES string of the molecule is O=c1c2cc([N+](=O)[O-])ccc2nc(C2CCCN2)n1-c1cccc(OC(F)(F)F)c1. The van der Waals surface area contributed by atoms with Crippen molar-refractivity contribution in [2.24, 2.45) is 0 Å². The van der Waals surface area contributed by atoms with Crippen molar-refractivity contribution >= 4 is 16.6 Å². The Labute approximate surface area is 167 Å². The number of fused-ring (bicyclic) bond motifs is 1. The van der Waals surface area contributed by atoms with Crippen LogP contribution in [0.2, 0.25) is 0 Å². The number of nitrogens with zero attached hydrogens (tertiary/aromatic N) is 3. The quantitative estimate of drug-likeness (QED) is 0.511. The second kappa shape index (κ2) is 7.41. The molecule has 0 saturated carbocycles. The van der Waals surface area contributed by atoms with Crippen LogP contribution in [0.3, 0.4) is 0 Å². The van der Waals surface area contributed by atoms with Crippen molar-refractivity contribution in [1.82, 2.24) is 14.9 Å². The standard InChI is InChI=1S/C19H15F3N4O4/c20-19(21,22)30-13-4-1-3-11(9-13)25-17(16-5-2-8-23-16)24-15-7-6-12(26(28)29)10-14(15)18(25)27/h1,3-4,6-7,9-10,16,23H,2,5,8H2. The van der Waals surface area contributed by atoms with Gasteiger partial charge < -0.3 is 10.1 Å². The summed E-state index contributed by atoms with van der Waals surface area (Å²) in [5.41, 5.74) is -0.509. The van der Waals surface area contributed by atoms with Crippen LogP contribution in [-0.2, 0) is 0 Å². The number of nitro groups is 1. The van der Waals surface area contributed by atoms with E-state index in [2.05, 4.69) is 15.0 Å². The number of non-ortho nitro benzene ring substituents is 1. The molecule has 156 valence electrons. The van der Waals surface area contributed by atoms with Crippen LogP contribution in [0.5, 0.6) is 5.75 Å². The Hall–Kier alpha value is -3.47. The summed E-state index contributed by atoms with van der Waals surface area (Å²) in [7, 11) is 0. The summed E-state index contributed by atoms with van der Waals surface area (Å²) < 4.78 is 43.0. The maximum atomic E-state index is 13.3. The van der Waals surface area contributed by atoms with Gasteiger partial charge in [-0.3, -0.25) is 19.5 Å². The van der Waals surface area contributed by atoms with Crippen LogP contribution in [0.25, 0.3) is 16.6 Å². The first kappa shape index (κ1) is 19.8. The second-order valence-corrected chi connectivity index (χ2v) is 6.76. The van der Waals surface area contributed by atoms with Crippen molar-refractivity contribution in [3.63, 3.8) is 0 Å². The summed E-state index contributed by atoms with van der Waals surface area (Å²) >= 11 is 0. The maximum absolute atomic E-state index is 13.3. The smallest absolute Gasteiger partial charge is 0.406 e. The Morgan fingerprint density at radius 3 is 2.70 bits per heavy atom. The normalized spacial score (nSPS) is 16.7. The van der Waals surface area contributed by atoms with E-state index in [9.17, 15) is 28.1 Å². The fraction of sp³-hybridized carbons (Fsp3) is 0.263. The highest BCUT2D eigenvalue weighted by Crippen LogP contribution is 2.28. The molecule has 1 saturated heterocycles. The highest BCUT2D eigenvalue weighted by atomic mass is 19.4. The predicted molar refractivity (Wildman–Crippen MR) is 101 cm³/mol. The van der Waals surface area contributed by atoms with Crippen LogP contribution >= 0.6 is 0 Å². The van der Waals surface area contributed by atoms with E-state index in [0.717, 1.165) is 24.6 Å². The third-order valence-electron chi connectivity index (χ3n) is 4.77. The average Bonchev–Trinajstić information content (AvgIpc) is 3.21. The van der Waals surface area contributed by atoms with E-state index in [0.29, 0.717) is 18.8 Å². The first-order valence-electron chi connectivity index (χ1n) is 9.03. The van der Waals surface area contributed by atoms with Gasteiger partial charge in [-0.15, -0.1) is 13.2 Å². The van der Waals surface area contributed by atoms with Crippen molar-refractivity contribution < 1.29 is 22.8 Å². The fourth-order valence-electron chi connectivity index (χ4n) is 3.51. The lowest BCUT2D eigenvalue weighted by atomic mass is 10.1. The van der Waals surface area contributed by atoms with Gasteiger partial charge in [0.2, 0.25) is 0 Å². The van der Waals surface area contributed by atoms with Gasteiger partial charge >= 0.3 is 6.36 Å². The third-order valence-corrected chi connectivity index (χ3v) is 4.77. The molecule has 0 radical (unpaired) electrons. The average molecular weight is 420 g/mol. The molecule has 1 atom stereocenters. The summed E-state index contributed by atoms with van der Waals surface area (Å²) in [5.74, 6) is -0.167. The van der Waals surface area contributed by atoms with Crippen LogP contribution in [0, 0.1) is 10.1 Å². The van der Waals surface area contributed by atoms with Crippen LogP contribution in [-0.4, -0.2) is 27.4 Å². The topological polar surface area (TPSA) is 99.3 Å². The predicted octanol–water partition coefficient (Wildman–Crippen LogP) is 3.62. The summed E-state index contributed by atoms with van der Waals surface area (Å²) in [5, 5.41) is 14.3. The third kappa shape index (κ3) is 3.83. The molecule has 11 heteroatoms. The molecule has 30 heavy (non-hydrogen) atoms. The minimum Gasteiger partial charge on any atom is -0.406 e. The molecule has 1 aliphatic rings. The van der Waals surface area contributed by atoms with Crippen molar-refractivity contribution in [2.75, 3.05) is 6.54 Å². The fourth-order valence-corrected chi connectivity index (χ4v) is 3.51. The Morgan fingerprint density at radius 1 is 1.23 bits per heavy atom. The van der Waals surface area contributed by atoms with E-state index in [4.69, 9.17) is 0 Å². The molecule has 4 rings (SSSR count). The van der Waals surface area contributed by atoms with Gasteiger partial charge in [0.05, 0.1) is 27.6 Å². The summed E-state index contributed by atoms with van der Waals surface area (Å²) in [4.78, 5) is 28.3. The number of hydrogen-bond acceptors (Lipinski definition) is 6. The molecule has 1 unspecified atom stereocenters. The lowest BCUT2D eigenvalue weighted by Crippen LogP contribution is -2.29. The lowest BCUT2D eigenvalue weighted by Gasteiger charge is -2.19. The van der Waals surface area contributed by atoms with Crippen LogP contribution < -0.4 is 15.6 Å². The summed E-state index contributed by atoms with van der Waals surface area (Å²) in [6.07, 6.45) is -3.36. The van der Waals surface area contributed by atoms with E-state index < -0.39 is 22.6 Å². The zero-order chi connectivity index (χ0) is 21.5. The molecule has 3 aromatic rings. The molecule has 8 nitrogen and oxygen atoms in total. The van der Waals surface area contributed by atoms with E-state index >= 15 is 0 Å². The van der Waals surface area contributed by atoms with Crippen molar-refractivity contribution in [2.45, 2.75) is 25.2 Å². The molecular weight excluding hydrogens is 405 g/mol. The van der Waals surface area contributed by atoms with Crippen molar-refractivity contribution in [1.29, 1.82) is 0 Å². The van der Waals surface area contributed by atoms with Crippen LogP contribution in [0.15, 0.2) is 47.3 Å². The molecule has 0 aliphatic carbocycles. The first-order chi connectivity index (χ1) is 14.2. The molecule has 0 bridgehead atoms. The molecule has 0 spiro atoms. The molecule has 1 aromatic heterocycles. The maximum Gasteiger partial charge on any atom is 0.573 e.